The topological polar surface area (TPSA) is 24.1 Å². The molecule has 0 aliphatic rings. The molecule has 0 aromatic heterocycles. The third kappa shape index (κ3) is 4.80. The van der Waals surface area contributed by atoms with E-state index in [0.29, 0.717) is 11.0 Å². The summed E-state index contributed by atoms with van der Waals surface area (Å²) in [6, 6.07) is 17.2. The lowest BCUT2D eigenvalue weighted by molar-refractivity contribution is 0.628. The molecular formula is C20H26N2S. The summed E-state index contributed by atoms with van der Waals surface area (Å²) in [6.45, 7) is 8.68. The Hall–Kier alpha value is -1.87. The van der Waals surface area contributed by atoms with E-state index in [-0.39, 0.29) is 6.04 Å². The second-order valence-corrected chi connectivity index (χ2v) is 6.60. The zero-order valence-electron chi connectivity index (χ0n) is 14.4. The maximum Gasteiger partial charge on any atom is 0.171 e. The Kier molecular flexibility index (Phi) is 6.17. The van der Waals surface area contributed by atoms with Crippen LogP contribution < -0.4 is 10.6 Å². The first-order chi connectivity index (χ1) is 11.0. The molecule has 3 heteroatoms. The largest absolute Gasteiger partial charge is 0.356 e. The molecule has 23 heavy (non-hydrogen) atoms. The fourth-order valence-corrected chi connectivity index (χ4v) is 2.82. The quantitative estimate of drug-likeness (QED) is 0.704. The minimum Gasteiger partial charge on any atom is -0.356 e. The molecule has 0 amide bonds. The van der Waals surface area contributed by atoms with Crippen LogP contribution >= 0.6 is 12.2 Å². The molecular weight excluding hydrogens is 300 g/mol. The highest BCUT2D eigenvalue weighted by Gasteiger charge is 2.11. The molecule has 0 fully saturated rings. The molecule has 2 rings (SSSR count). The smallest absolute Gasteiger partial charge is 0.171 e. The number of hydrogen-bond donors (Lipinski definition) is 2. The predicted octanol–water partition coefficient (Wildman–Crippen LogP) is 5.56. The van der Waals surface area contributed by atoms with Gasteiger partial charge in [-0.05, 0) is 54.2 Å². The summed E-state index contributed by atoms with van der Waals surface area (Å²) in [5.74, 6) is 0.556. The van der Waals surface area contributed by atoms with Crippen molar-refractivity contribution in [1.29, 1.82) is 0 Å². The number of rotatable bonds is 5. The van der Waals surface area contributed by atoms with Crippen LogP contribution in [0.5, 0.6) is 0 Å². The second-order valence-electron chi connectivity index (χ2n) is 6.20. The van der Waals surface area contributed by atoms with Gasteiger partial charge in [0.2, 0.25) is 0 Å². The van der Waals surface area contributed by atoms with E-state index in [9.17, 15) is 0 Å². The first-order valence-corrected chi connectivity index (χ1v) is 8.65. The van der Waals surface area contributed by atoms with Gasteiger partial charge in [-0.3, -0.25) is 0 Å². The number of aryl methyl sites for hydroxylation is 1. The first kappa shape index (κ1) is 17.5. The molecule has 0 aliphatic carbocycles. The van der Waals surface area contributed by atoms with Crippen molar-refractivity contribution in [2.45, 2.75) is 46.1 Å². The Bertz CT molecular complexity index is 647. The van der Waals surface area contributed by atoms with E-state index in [0.717, 1.165) is 12.1 Å². The van der Waals surface area contributed by atoms with Crippen molar-refractivity contribution >= 4 is 23.0 Å². The third-order valence-electron chi connectivity index (χ3n) is 4.11. The Labute approximate surface area is 145 Å². The number of para-hydroxylation sites is 1. The minimum atomic E-state index is 0.222. The van der Waals surface area contributed by atoms with Gasteiger partial charge in [0, 0.05) is 5.69 Å². The van der Waals surface area contributed by atoms with E-state index in [1.165, 1.54) is 16.7 Å². The molecule has 2 aromatic carbocycles. The highest BCUT2D eigenvalue weighted by molar-refractivity contribution is 7.80. The van der Waals surface area contributed by atoms with Crippen LogP contribution in [0.2, 0.25) is 0 Å². The summed E-state index contributed by atoms with van der Waals surface area (Å²) in [7, 11) is 0. The van der Waals surface area contributed by atoms with Crippen molar-refractivity contribution in [3.8, 4) is 0 Å². The van der Waals surface area contributed by atoms with Gasteiger partial charge in [0.1, 0.15) is 0 Å². The number of benzene rings is 2. The molecule has 0 bridgehead atoms. The van der Waals surface area contributed by atoms with Crippen molar-refractivity contribution < 1.29 is 0 Å². The predicted molar refractivity (Wildman–Crippen MR) is 104 cm³/mol. The Balaban J connectivity index is 2.04. The van der Waals surface area contributed by atoms with Crippen molar-refractivity contribution in [3.05, 3.63) is 65.2 Å². The Morgan fingerprint density at radius 1 is 1.00 bits per heavy atom. The van der Waals surface area contributed by atoms with Gasteiger partial charge >= 0.3 is 0 Å². The minimum absolute atomic E-state index is 0.222. The lowest BCUT2D eigenvalue weighted by Crippen LogP contribution is -2.32. The van der Waals surface area contributed by atoms with Gasteiger partial charge in [-0.25, -0.2) is 0 Å². The van der Waals surface area contributed by atoms with Crippen LogP contribution in [0.1, 0.15) is 55.8 Å². The number of nitrogens with one attached hydrogen (secondary N) is 2. The molecule has 1 atom stereocenters. The molecule has 2 aromatic rings. The summed E-state index contributed by atoms with van der Waals surface area (Å²) in [4.78, 5) is 0. The lowest BCUT2D eigenvalue weighted by atomic mass is 9.98. The van der Waals surface area contributed by atoms with Gasteiger partial charge in [0.05, 0.1) is 6.04 Å². The van der Waals surface area contributed by atoms with E-state index >= 15 is 0 Å². The molecule has 0 saturated carbocycles. The van der Waals surface area contributed by atoms with Crippen molar-refractivity contribution in [2.75, 3.05) is 5.32 Å². The molecule has 0 aliphatic heterocycles. The summed E-state index contributed by atoms with van der Waals surface area (Å²) in [6.07, 6.45) is 0.983. The van der Waals surface area contributed by atoms with E-state index < -0.39 is 0 Å². The van der Waals surface area contributed by atoms with Gasteiger partial charge < -0.3 is 10.6 Å². The SMILES string of the molecule is CCC(NC(=S)Nc1ccccc1C)c1ccc(C(C)C)cc1. The van der Waals surface area contributed by atoms with E-state index in [2.05, 4.69) is 68.7 Å². The fourth-order valence-electron chi connectivity index (χ4n) is 2.56. The standard InChI is InChI=1S/C20H26N2S/c1-5-18(17-12-10-16(11-13-17)14(2)3)21-20(23)22-19-9-7-6-8-15(19)4/h6-14,18H,5H2,1-4H3,(H2,21,22,23). The number of hydrogen-bond acceptors (Lipinski definition) is 1. The molecule has 0 spiro atoms. The van der Waals surface area contributed by atoms with Crippen LogP contribution in [0.15, 0.2) is 48.5 Å². The van der Waals surface area contributed by atoms with Gasteiger partial charge in [-0.1, -0.05) is 63.2 Å². The third-order valence-corrected chi connectivity index (χ3v) is 4.33. The normalized spacial score (nSPS) is 12.0. The average molecular weight is 327 g/mol. The molecule has 1 unspecified atom stereocenters. The van der Waals surface area contributed by atoms with Crippen molar-refractivity contribution in [3.63, 3.8) is 0 Å². The van der Waals surface area contributed by atoms with Crippen LogP contribution in [0.25, 0.3) is 0 Å². The van der Waals surface area contributed by atoms with Crippen LogP contribution in [-0.2, 0) is 0 Å². The molecule has 2 N–H and O–H groups in total. The van der Waals surface area contributed by atoms with E-state index in [1.807, 2.05) is 18.2 Å². The fraction of sp³-hybridized carbons (Fsp3) is 0.350. The average Bonchev–Trinajstić information content (AvgIpc) is 2.55. The van der Waals surface area contributed by atoms with Gasteiger partial charge in [0.25, 0.3) is 0 Å². The molecule has 0 radical (unpaired) electrons. The Morgan fingerprint density at radius 3 is 2.17 bits per heavy atom. The van der Waals surface area contributed by atoms with Gasteiger partial charge in [0.15, 0.2) is 5.11 Å². The lowest BCUT2D eigenvalue weighted by Gasteiger charge is -2.21. The van der Waals surface area contributed by atoms with E-state index in [1.54, 1.807) is 0 Å². The summed E-state index contributed by atoms with van der Waals surface area (Å²) in [5, 5.41) is 7.39. The zero-order chi connectivity index (χ0) is 16.8. The maximum atomic E-state index is 5.48. The number of thiocarbonyl (C=S) groups is 1. The molecule has 122 valence electrons. The Morgan fingerprint density at radius 2 is 1.61 bits per heavy atom. The summed E-state index contributed by atoms with van der Waals surface area (Å²) >= 11 is 5.48. The number of anilines is 1. The molecule has 0 saturated heterocycles. The summed E-state index contributed by atoms with van der Waals surface area (Å²) in [5.41, 5.74) is 4.87. The first-order valence-electron chi connectivity index (χ1n) is 8.24. The van der Waals surface area contributed by atoms with Crippen LogP contribution in [-0.4, -0.2) is 5.11 Å². The van der Waals surface area contributed by atoms with Gasteiger partial charge in [-0.2, -0.15) is 0 Å². The highest BCUT2D eigenvalue weighted by atomic mass is 32.1. The maximum absolute atomic E-state index is 5.48. The molecule has 2 nitrogen and oxygen atoms in total. The van der Waals surface area contributed by atoms with Crippen LogP contribution in [0.3, 0.4) is 0 Å². The summed E-state index contributed by atoms with van der Waals surface area (Å²) < 4.78 is 0. The molecule has 0 heterocycles. The highest BCUT2D eigenvalue weighted by Crippen LogP contribution is 2.21. The van der Waals surface area contributed by atoms with Crippen LogP contribution in [0.4, 0.5) is 5.69 Å². The second kappa shape index (κ2) is 8.11. The monoisotopic (exact) mass is 326 g/mol. The van der Waals surface area contributed by atoms with Crippen molar-refractivity contribution in [1.82, 2.24) is 5.32 Å². The van der Waals surface area contributed by atoms with E-state index in [4.69, 9.17) is 12.2 Å². The van der Waals surface area contributed by atoms with Crippen LogP contribution in [0, 0.1) is 6.92 Å². The van der Waals surface area contributed by atoms with Gasteiger partial charge in [-0.15, -0.1) is 0 Å². The van der Waals surface area contributed by atoms with Crippen molar-refractivity contribution in [2.24, 2.45) is 0 Å². The zero-order valence-corrected chi connectivity index (χ0v) is 15.2.